The molecule has 0 amide bonds. The zero-order valence-electron chi connectivity index (χ0n) is 14.2. The first-order valence-corrected chi connectivity index (χ1v) is 8.35. The largest absolute Gasteiger partial charge is 0.373 e. The van der Waals surface area contributed by atoms with Gasteiger partial charge in [0.1, 0.15) is 0 Å². The molecule has 1 aromatic rings. The Morgan fingerprint density at radius 2 is 1.95 bits per heavy atom. The van der Waals surface area contributed by atoms with E-state index in [1.54, 1.807) is 0 Å². The summed E-state index contributed by atoms with van der Waals surface area (Å²) in [5, 5.41) is 3.58. The molecule has 1 aliphatic carbocycles. The number of anilines is 1. The van der Waals surface area contributed by atoms with E-state index in [0.29, 0.717) is 0 Å². The van der Waals surface area contributed by atoms with Crippen LogP contribution in [-0.2, 0) is 6.54 Å². The number of nitrogens with zero attached hydrogens (tertiary/aromatic N) is 2. The summed E-state index contributed by atoms with van der Waals surface area (Å²) in [6.07, 6.45) is 10.9. The van der Waals surface area contributed by atoms with E-state index in [-0.39, 0.29) is 5.54 Å². The van der Waals surface area contributed by atoms with Gasteiger partial charge in [0.25, 0.3) is 0 Å². The van der Waals surface area contributed by atoms with E-state index in [0.717, 1.165) is 19.0 Å². The molecule has 0 saturated heterocycles. The van der Waals surface area contributed by atoms with E-state index in [1.165, 1.54) is 43.4 Å². The highest BCUT2D eigenvalue weighted by Gasteiger charge is 2.18. The van der Waals surface area contributed by atoms with E-state index in [4.69, 9.17) is 0 Å². The Morgan fingerprint density at radius 1 is 1.24 bits per heavy atom. The molecule has 1 aliphatic rings. The van der Waals surface area contributed by atoms with Gasteiger partial charge < -0.3 is 10.2 Å². The van der Waals surface area contributed by atoms with E-state index in [1.807, 2.05) is 12.4 Å². The molecular formula is C18H31N3. The highest BCUT2D eigenvalue weighted by atomic mass is 15.1. The Hall–Kier alpha value is -1.09. The Balaban J connectivity index is 2.00. The number of hydrogen-bond donors (Lipinski definition) is 1. The molecule has 21 heavy (non-hydrogen) atoms. The highest BCUT2D eigenvalue weighted by Crippen LogP contribution is 2.27. The van der Waals surface area contributed by atoms with Gasteiger partial charge in [-0.15, -0.1) is 0 Å². The molecule has 0 aliphatic heterocycles. The second-order valence-electron chi connectivity index (χ2n) is 7.49. The lowest BCUT2D eigenvalue weighted by molar-refractivity contribution is 0.361. The number of pyridine rings is 1. The summed E-state index contributed by atoms with van der Waals surface area (Å²) in [5.74, 6) is 0.854. The quantitative estimate of drug-likeness (QED) is 0.888. The number of aromatic nitrogens is 1. The van der Waals surface area contributed by atoms with Gasteiger partial charge in [-0.2, -0.15) is 0 Å². The zero-order valence-corrected chi connectivity index (χ0v) is 14.2. The molecular weight excluding hydrogens is 258 g/mol. The summed E-state index contributed by atoms with van der Waals surface area (Å²) in [6, 6.07) is 2.14. The monoisotopic (exact) mass is 289 g/mol. The standard InChI is InChI=1S/C18H31N3/c1-18(2,3)20-12-16-10-11-19-13-17(16)21(4)14-15-8-6-5-7-9-15/h10-11,13,15,20H,5-9,12,14H2,1-4H3. The molecule has 1 aromatic heterocycles. The third kappa shape index (κ3) is 5.31. The van der Waals surface area contributed by atoms with Crippen LogP contribution in [0.15, 0.2) is 18.5 Å². The molecule has 0 aromatic carbocycles. The van der Waals surface area contributed by atoms with Crippen molar-refractivity contribution in [3.8, 4) is 0 Å². The van der Waals surface area contributed by atoms with Crippen LogP contribution in [-0.4, -0.2) is 24.1 Å². The van der Waals surface area contributed by atoms with Gasteiger partial charge in [0.05, 0.1) is 11.9 Å². The highest BCUT2D eigenvalue weighted by molar-refractivity contribution is 5.51. The summed E-state index contributed by atoms with van der Waals surface area (Å²) in [6.45, 7) is 8.68. The summed E-state index contributed by atoms with van der Waals surface area (Å²) < 4.78 is 0. The van der Waals surface area contributed by atoms with Crippen molar-refractivity contribution in [2.75, 3.05) is 18.5 Å². The fraction of sp³-hybridized carbons (Fsp3) is 0.722. The molecule has 0 radical (unpaired) electrons. The Kier molecular flexibility index (Phi) is 5.63. The maximum atomic E-state index is 4.33. The lowest BCUT2D eigenvalue weighted by Crippen LogP contribution is -2.36. The number of rotatable bonds is 5. The van der Waals surface area contributed by atoms with Crippen molar-refractivity contribution < 1.29 is 0 Å². The van der Waals surface area contributed by atoms with Crippen LogP contribution in [0.1, 0.15) is 58.4 Å². The van der Waals surface area contributed by atoms with Crippen LogP contribution in [0.2, 0.25) is 0 Å². The molecule has 0 spiro atoms. The van der Waals surface area contributed by atoms with Gasteiger partial charge in [-0.05, 0) is 51.2 Å². The predicted molar refractivity (Wildman–Crippen MR) is 90.7 cm³/mol. The average Bonchev–Trinajstić information content (AvgIpc) is 2.46. The molecule has 1 saturated carbocycles. The van der Waals surface area contributed by atoms with Crippen molar-refractivity contribution in [1.82, 2.24) is 10.3 Å². The van der Waals surface area contributed by atoms with Crippen molar-refractivity contribution >= 4 is 5.69 Å². The molecule has 3 heteroatoms. The third-order valence-corrected chi connectivity index (χ3v) is 4.36. The van der Waals surface area contributed by atoms with Gasteiger partial charge in [0, 0.05) is 31.9 Å². The lowest BCUT2D eigenvalue weighted by Gasteiger charge is -2.30. The van der Waals surface area contributed by atoms with Gasteiger partial charge in [-0.3, -0.25) is 4.98 Å². The van der Waals surface area contributed by atoms with E-state index < -0.39 is 0 Å². The number of nitrogens with one attached hydrogen (secondary N) is 1. The van der Waals surface area contributed by atoms with Gasteiger partial charge in [-0.1, -0.05) is 19.3 Å². The first kappa shape index (κ1) is 16.3. The smallest absolute Gasteiger partial charge is 0.0595 e. The molecule has 0 bridgehead atoms. The van der Waals surface area contributed by atoms with Crippen LogP contribution >= 0.6 is 0 Å². The topological polar surface area (TPSA) is 28.2 Å². The molecule has 3 nitrogen and oxygen atoms in total. The Morgan fingerprint density at radius 3 is 2.62 bits per heavy atom. The fourth-order valence-electron chi connectivity index (χ4n) is 3.12. The zero-order chi connectivity index (χ0) is 15.3. The maximum absolute atomic E-state index is 4.33. The first-order chi connectivity index (χ1) is 9.96. The van der Waals surface area contributed by atoms with Gasteiger partial charge in [-0.25, -0.2) is 0 Å². The summed E-state index contributed by atoms with van der Waals surface area (Å²) in [7, 11) is 2.21. The molecule has 1 N–H and O–H groups in total. The predicted octanol–water partition coefficient (Wildman–Crippen LogP) is 3.99. The average molecular weight is 289 g/mol. The second-order valence-corrected chi connectivity index (χ2v) is 7.49. The lowest BCUT2D eigenvalue weighted by atomic mass is 9.89. The van der Waals surface area contributed by atoms with E-state index >= 15 is 0 Å². The van der Waals surface area contributed by atoms with Crippen molar-refractivity contribution in [3.63, 3.8) is 0 Å². The first-order valence-electron chi connectivity index (χ1n) is 8.35. The molecule has 2 rings (SSSR count). The third-order valence-electron chi connectivity index (χ3n) is 4.36. The minimum absolute atomic E-state index is 0.141. The Bertz CT molecular complexity index is 430. The van der Waals surface area contributed by atoms with Crippen molar-refractivity contribution in [1.29, 1.82) is 0 Å². The summed E-state index contributed by atoms with van der Waals surface area (Å²) in [4.78, 5) is 6.74. The van der Waals surface area contributed by atoms with Crippen LogP contribution in [0.3, 0.4) is 0 Å². The van der Waals surface area contributed by atoms with Crippen LogP contribution in [0.4, 0.5) is 5.69 Å². The van der Waals surface area contributed by atoms with Crippen molar-refractivity contribution in [3.05, 3.63) is 24.0 Å². The molecule has 0 atom stereocenters. The summed E-state index contributed by atoms with van der Waals surface area (Å²) >= 11 is 0. The van der Waals surface area contributed by atoms with Crippen LogP contribution in [0, 0.1) is 5.92 Å². The number of hydrogen-bond acceptors (Lipinski definition) is 3. The van der Waals surface area contributed by atoms with Crippen molar-refractivity contribution in [2.45, 2.75) is 65.0 Å². The molecule has 0 unspecified atom stereocenters. The summed E-state index contributed by atoms with van der Waals surface area (Å²) in [5.41, 5.74) is 2.76. The van der Waals surface area contributed by atoms with Crippen molar-refractivity contribution in [2.24, 2.45) is 5.92 Å². The minimum atomic E-state index is 0.141. The van der Waals surface area contributed by atoms with E-state index in [9.17, 15) is 0 Å². The Labute approximate surface area is 130 Å². The van der Waals surface area contributed by atoms with Crippen LogP contribution < -0.4 is 10.2 Å². The van der Waals surface area contributed by atoms with Crippen LogP contribution in [0.25, 0.3) is 0 Å². The molecule has 118 valence electrons. The molecule has 1 heterocycles. The van der Waals surface area contributed by atoms with Gasteiger partial charge in [0.2, 0.25) is 0 Å². The van der Waals surface area contributed by atoms with Gasteiger partial charge >= 0.3 is 0 Å². The minimum Gasteiger partial charge on any atom is -0.373 e. The SMILES string of the molecule is CN(CC1CCCCC1)c1cnccc1CNC(C)(C)C. The normalized spacial score (nSPS) is 17.0. The van der Waals surface area contributed by atoms with E-state index in [2.05, 4.69) is 49.1 Å². The van der Waals surface area contributed by atoms with Crippen LogP contribution in [0.5, 0.6) is 0 Å². The molecule has 1 fully saturated rings. The second kappa shape index (κ2) is 7.26. The maximum Gasteiger partial charge on any atom is 0.0595 e. The van der Waals surface area contributed by atoms with Gasteiger partial charge in [0.15, 0.2) is 0 Å². The fourth-order valence-corrected chi connectivity index (χ4v) is 3.12.